The molecular weight excluding hydrogens is 302 g/mol. The van der Waals surface area contributed by atoms with E-state index in [2.05, 4.69) is 0 Å². The molecule has 2 bridgehead atoms. The van der Waals surface area contributed by atoms with E-state index >= 15 is 0 Å². The number of fused-ring (bicyclic) bond motifs is 5. The van der Waals surface area contributed by atoms with Gasteiger partial charge in [-0.05, 0) is 23.3 Å². The first-order valence-corrected chi connectivity index (χ1v) is 8.11. The minimum atomic E-state index is -0.360. The number of hydrogen-bond donors (Lipinski definition) is 0. The summed E-state index contributed by atoms with van der Waals surface area (Å²) in [5.74, 6) is -1.01. The van der Waals surface area contributed by atoms with Crippen molar-refractivity contribution in [2.24, 2.45) is 11.8 Å². The van der Waals surface area contributed by atoms with Gasteiger partial charge in [0.1, 0.15) is 0 Å². The van der Waals surface area contributed by atoms with Crippen LogP contribution >= 0.6 is 0 Å². The molecule has 0 saturated carbocycles. The van der Waals surface area contributed by atoms with Crippen LogP contribution in [0.25, 0.3) is 11.1 Å². The Bertz CT molecular complexity index is 826. The van der Waals surface area contributed by atoms with Gasteiger partial charge in [-0.3, -0.25) is 9.59 Å². The van der Waals surface area contributed by atoms with E-state index in [4.69, 9.17) is 4.74 Å². The van der Waals surface area contributed by atoms with Crippen LogP contribution in [0, 0.1) is 11.8 Å². The van der Waals surface area contributed by atoms with Crippen LogP contribution in [0.4, 0.5) is 5.69 Å². The summed E-state index contributed by atoms with van der Waals surface area (Å²) in [6, 6.07) is 17.6. The molecular formula is C20H15NO3. The van der Waals surface area contributed by atoms with Gasteiger partial charge in [0.25, 0.3) is 0 Å². The maximum Gasteiger partial charge on any atom is 0.240 e. The van der Waals surface area contributed by atoms with Crippen molar-refractivity contribution in [2.45, 2.75) is 12.2 Å². The van der Waals surface area contributed by atoms with Gasteiger partial charge in [-0.1, -0.05) is 54.6 Å². The third-order valence-electron chi connectivity index (χ3n) is 5.14. The molecule has 0 radical (unpaired) electrons. The van der Waals surface area contributed by atoms with Crippen molar-refractivity contribution < 1.29 is 14.3 Å². The molecule has 3 aliphatic rings. The molecule has 24 heavy (non-hydrogen) atoms. The SMILES string of the molecule is O=C1[C@@H]2[C@H](C(=O)N1c1ccc(-c3ccccc3)cc1)[C@H]1C=C[C@@H]2O1. The zero-order valence-corrected chi connectivity index (χ0v) is 12.8. The summed E-state index contributed by atoms with van der Waals surface area (Å²) in [5, 5.41) is 0. The fourth-order valence-electron chi connectivity index (χ4n) is 3.99. The maximum atomic E-state index is 12.7. The molecule has 2 amide bonds. The highest BCUT2D eigenvalue weighted by Gasteiger charge is 2.60. The van der Waals surface area contributed by atoms with Crippen LogP contribution in [-0.4, -0.2) is 24.0 Å². The fourth-order valence-corrected chi connectivity index (χ4v) is 3.99. The maximum absolute atomic E-state index is 12.7. The highest BCUT2D eigenvalue weighted by Crippen LogP contribution is 2.46. The van der Waals surface area contributed by atoms with E-state index in [1.165, 1.54) is 4.90 Å². The van der Waals surface area contributed by atoms with Gasteiger partial charge in [-0.15, -0.1) is 0 Å². The molecule has 2 saturated heterocycles. The first-order valence-electron chi connectivity index (χ1n) is 8.11. The molecule has 2 aromatic rings. The number of amides is 2. The largest absolute Gasteiger partial charge is 0.365 e. The van der Waals surface area contributed by atoms with Crippen LogP contribution in [0.15, 0.2) is 66.7 Å². The second-order valence-electron chi connectivity index (χ2n) is 6.43. The van der Waals surface area contributed by atoms with Gasteiger partial charge in [0.05, 0.1) is 29.7 Å². The first-order chi connectivity index (χ1) is 11.7. The summed E-state index contributed by atoms with van der Waals surface area (Å²) < 4.78 is 5.66. The topological polar surface area (TPSA) is 46.6 Å². The Kier molecular flexibility index (Phi) is 2.79. The van der Waals surface area contributed by atoms with E-state index in [9.17, 15) is 9.59 Å². The average molecular weight is 317 g/mol. The van der Waals surface area contributed by atoms with Gasteiger partial charge >= 0.3 is 0 Å². The molecule has 5 rings (SSSR count). The lowest BCUT2D eigenvalue weighted by molar-refractivity contribution is -0.124. The van der Waals surface area contributed by atoms with Crippen molar-refractivity contribution in [1.29, 1.82) is 0 Å². The quantitative estimate of drug-likeness (QED) is 0.632. The molecule has 4 nitrogen and oxygen atoms in total. The van der Waals surface area contributed by atoms with E-state index in [1.807, 2.05) is 66.7 Å². The van der Waals surface area contributed by atoms with Gasteiger partial charge in [0.2, 0.25) is 11.8 Å². The molecule has 3 aliphatic heterocycles. The Morgan fingerprint density at radius 2 is 1.25 bits per heavy atom. The highest BCUT2D eigenvalue weighted by molar-refractivity contribution is 6.23. The van der Waals surface area contributed by atoms with E-state index < -0.39 is 0 Å². The number of carbonyl (C=O) groups is 2. The number of benzene rings is 2. The van der Waals surface area contributed by atoms with Crippen molar-refractivity contribution in [1.82, 2.24) is 0 Å². The number of ether oxygens (including phenoxy) is 1. The number of carbonyl (C=O) groups excluding carboxylic acids is 2. The highest BCUT2D eigenvalue weighted by atomic mass is 16.5. The number of anilines is 1. The Balaban J connectivity index is 1.47. The van der Waals surface area contributed by atoms with Crippen LogP contribution < -0.4 is 4.90 Å². The van der Waals surface area contributed by atoms with Crippen molar-refractivity contribution in [3.8, 4) is 11.1 Å². The predicted molar refractivity (Wildman–Crippen MR) is 89.2 cm³/mol. The van der Waals surface area contributed by atoms with Crippen molar-refractivity contribution in [2.75, 3.05) is 4.90 Å². The third kappa shape index (κ3) is 1.77. The van der Waals surface area contributed by atoms with E-state index in [0.717, 1.165) is 11.1 Å². The molecule has 0 unspecified atom stereocenters. The molecule has 2 fully saturated rings. The Hall–Kier alpha value is -2.72. The zero-order valence-electron chi connectivity index (χ0n) is 12.8. The summed E-state index contributed by atoms with van der Waals surface area (Å²) >= 11 is 0. The summed E-state index contributed by atoms with van der Waals surface area (Å²) in [7, 11) is 0. The Labute approximate surface area is 139 Å². The van der Waals surface area contributed by atoms with E-state index in [1.54, 1.807) is 0 Å². The summed E-state index contributed by atoms with van der Waals surface area (Å²) in [6.07, 6.45) is 3.31. The van der Waals surface area contributed by atoms with Gasteiger partial charge < -0.3 is 4.74 Å². The van der Waals surface area contributed by atoms with E-state index in [-0.39, 0.29) is 35.9 Å². The van der Waals surface area contributed by atoms with Crippen LogP contribution in [0.3, 0.4) is 0 Å². The van der Waals surface area contributed by atoms with Crippen LogP contribution in [-0.2, 0) is 14.3 Å². The lowest BCUT2D eigenvalue weighted by Gasteiger charge is -2.18. The molecule has 0 aliphatic carbocycles. The second-order valence-corrected chi connectivity index (χ2v) is 6.43. The van der Waals surface area contributed by atoms with Crippen LogP contribution in [0.1, 0.15) is 0 Å². The predicted octanol–water partition coefficient (Wildman–Crippen LogP) is 2.80. The number of imide groups is 1. The molecule has 118 valence electrons. The minimum absolute atomic E-state index is 0.144. The lowest BCUT2D eigenvalue weighted by atomic mass is 9.85. The third-order valence-corrected chi connectivity index (χ3v) is 5.14. The fraction of sp³-hybridized carbons (Fsp3) is 0.200. The van der Waals surface area contributed by atoms with Gasteiger partial charge in [-0.25, -0.2) is 4.90 Å². The monoisotopic (exact) mass is 317 g/mol. The van der Waals surface area contributed by atoms with E-state index in [0.29, 0.717) is 5.69 Å². The molecule has 2 aromatic carbocycles. The zero-order chi connectivity index (χ0) is 16.3. The van der Waals surface area contributed by atoms with Crippen molar-refractivity contribution in [3.05, 3.63) is 66.7 Å². The summed E-state index contributed by atoms with van der Waals surface area (Å²) in [6.45, 7) is 0. The van der Waals surface area contributed by atoms with Gasteiger partial charge in [-0.2, -0.15) is 0 Å². The lowest BCUT2D eigenvalue weighted by Crippen LogP contribution is -2.34. The van der Waals surface area contributed by atoms with Crippen molar-refractivity contribution in [3.63, 3.8) is 0 Å². The molecule has 4 atom stereocenters. The molecule has 4 heteroatoms. The summed E-state index contributed by atoms with van der Waals surface area (Å²) in [4.78, 5) is 26.8. The molecule has 3 heterocycles. The molecule has 0 aromatic heterocycles. The van der Waals surface area contributed by atoms with Crippen LogP contribution in [0.2, 0.25) is 0 Å². The number of nitrogens with zero attached hydrogens (tertiary/aromatic N) is 1. The first kappa shape index (κ1) is 13.7. The second kappa shape index (κ2) is 4.89. The minimum Gasteiger partial charge on any atom is -0.365 e. The Morgan fingerprint density at radius 3 is 1.83 bits per heavy atom. The number of hydrogen-bond acceptors (Lipinski definition) is 3. The Morgan fingerprint density at radius 1 is 0.708 bits per heavy atom. The normalized spacial score (nSPS) is 30.2. The van der Waals surface area contributed by atoms with Gasteiger partial charge in [0, 0.05) is 0 Å². The standard InChI is InChI=1S/C20H15NO3/c22-19-17-15-10-11-16(24-15)18(17)20(23)21(19)14-8-6-13(7-9-14)12-4-2-1-3-5-12/h1-11,15-18H/t15-,16+,17-,18+. The average Bonchev–Trinajstić information content (AvgIpc) is 3.30. The van der Waals surface area contributed by atoms with Gasteiger partial charge in [0.15, 0.2) is 0 Å². The van der Waals surface area contributed by atoms with Crippen molar-refractivity contribution >= 4 is 17.5 Å². The molecule has 0 N–H and O–H groups in total. The summed E-state index contributed by atoms with van der Waals surface area (Å²) in [5.41, 5.74) is 2.80. The van der Waals surface area contributed by atoms with Crippen LogP contribution in [0.5, 0.6) is 0 Å². The number of rotatable bonds is 2. The molecule has 0 spiro atoms. The smallest absolute Gasteiger partial charge is 0.240 e.